The highest BCUT2D eigenvalue weighted by Crippen LogP contribution is 2.38. The molecule has 1 aromatic carbocycles. The first-order valence-corrected chi connectivity index (χ1v) is 9.39. The molecule has 6 heteroatoms. The van der Waals surface area contributed by atoms with Crippen LogP contribution >= 0.6 is 24.0 Å². The largest absolute Gasteiger partial charge is 0.491 e. The summed E-state index contributed by atoms with van der Waals surface area (Å²) in [5, 5.41) is 3.45. The van der Waals surface area contributed by atoms with Gasteiger partial charge < -0.3 is 19.7 Å². The Kier molecular flexibility index (Phi) is 8.01. The van der Waals surface area contributed by atoms with Crippen LogP contribution in [-0.2, 0) is 4.74 Å². The number of ether oxygens (including phenoxy) is 2. The minimum Gasteiger partial charge on any atom is -0.491 e. The van der Waals surface area contributed by atoms with Crippen LogP contribution in [0.3, 0.4) is 0 Å². The second-order valence-electron chi connectivity index (χ2n) is 7.49. The van der Waals surface area contributed by atoms with Gasteiger partial charge in [0, 0.05) is 32.2 Å². The predicted molar refractivity (Wildman–Crippen MR) is 117 cm³/mol. The average Bonchev–Trinajstić information content (AvgIpc) is 3.25. The molecule has 146 valence electrons. The Morgan fingerprint density at radius 1 is 1.35 bits per heavy atom. The highest BCUT2D eigenvalue weighted by Gasteiger charge is 2.42. The highest BCUT2D eigenvalue weighted by atomic mass is 127. The van der Waals surface area contributed by atoms with E-state index in [1.54, 1.807) is 0 Å². The summed E-state index contributed by atoms with van der Waals surface area (Å²) in [5.74, 6) is 2.42. The SMILES string of the molecule is CN=C(NCCOc1ccccc1C(C)C)N1CCC2(CCOC2)C1.I. The van der Waals surface area contributed by atoms with E-state index in [-0.39, 0.29) is 24.0 Å². The van der Waals surface area contributed by atoms with Gasteiger partial charge in [0.2, 0.25) is 0 Å². The Hall–Kier alpha value is -1.02. The molecule has 0 aromatic heterocycles. The molecule has 26 heavy (non-hydrogen) atoms. The highest BCUT2D eigenvalue weighted by molar-refractivity contribution is 14.0. The molecule has 2 fully saturated rings. The van der Waals surface area contributed by atoms with Gasteiger partial charge in [-0.2, -0.15) is 0 Å². The van der Waals surface area contributed by atoms with Crippen molar-refractivity contribution in [2.45, 2.75) is 32.6 Å². The van der Waals surface area contributed by atoms with Crippen molar-refractivity contribution in [3.63, 3.8) is 0 Å². The van der Waals surface area contributed by atoms with Crippen LogP contribution in [-0.4, -0.2) is 57.4 Å². The summed E-state index contributed by atoms with van der Waals surface area (Å²) in [6.07, 6.45) is 2.38. The number of hydrogen-bond acceptors (Lipinski definition) is 3. The molecule has 3 rings (SSSR count). The number of nitrogens with one attached hydrogen (secondary N) is 1. The van der Waals surface area contributed by atoms with E-state index in [9.17, 15) is 0 Å². The first-order valence-electron chi connectivity index (χ1n) is 9.39. The maximum Gasteiger partial charge on any atom is 0.193 e. The van der Waals surface area contributed by atoms with Crippen LogP contribution in [0.4, 0.5) is 0 Å². The van der Waals surface area contributed by atoms with Crippen molar-refractivity contribution in [2.24, 2.45) is 10.4 Å². The Morgan fingerprint density at radius 3 is 2.85 bits per heavy atom. The molecule has 1 spiro atoms. The molecule has 0 saturated carbocycles. The summed E-state index contributed by atoms with van der Waals surface area (Å²) in [4.78, 5) is 6.81. The Balaban J connectivity index is 0.00000243. The van der Waals surface area contributed by atoms with E-state index in [1.807, 2.05) is 13.1 Å². The number of guanidine groups is 1. The first-order chi connectivity index (χ1) is 12.1. The number of nitrogens with zero attached hydrogens (tertiary/aromatic N) is 2. The van der Waals surface area contributed by atoms with E-state index in [4.69, 9.17) is 9.47 Å². The molecule has 2 heterocycles. The van der Waals surface area contributed by atoms with E-state index in [0.717, 1.165) is 44.6 Å². The smallest absolute Gasteiger partial charge is 0.193 e. The normalized spacial score (nSPS) is 22.8. The van der Waals surface area contributed by atoms with Gasteiger partial charge in [0.05, 0.1) is 13.2 Å². The standard InChI is InChI=1S/C20H31N3O2.HI/c1-16(2)17-6-4-5-7-18(17)25-13-10-22-19(21-3)23-11-8-20(14-23)9-12-24-15-20;/h4-7,16H,8-15H2,1-3H3,(H,21,22);1H. The first kappa shape index (κ1) is 21.3. The second kappa shape index (κ2) is 9.78. The van der Waals surface area contributed by atoms with Crippen LogP contribution in [0.5, 0.6) is 5.75 Å². The Bertz CT molecular complexity index is 600. The fraction of sp³-hybridized carbons (Fsp3) is 0.650. The van der Waals surface area contributed by atoms with Gasteiger partial charge in [0.15, 0.2) is 5.96 Å². The molecule has 2 saturated heterocycles. The summed E-state index contributed by atoms with van der Waals surface area (Å²) >= 11 is 0. The number of aliphatic imine (C=N–C) groups is 1. The molecule has 2 aliphatic rings. The lowest BCUT2D eigenvalue weighted by Crippen LogP contribution is -2.42. The van der Waals surface area contributed by atoms with Crippen LogP contribution < -0.4 is 10.1 Å². The third kappa shape index (κ3) is 5.03. The fourth-order valence-corrected chi connectivity index (χ4v) is 3.83. The Morgan fingerprint density at radius 2 is 2.15 bits per heavy atom. The van der Waals surface area contributed by atoms with Crippen molar-refractivity contribution in [3.05, 3.63) is 29.8 Å². The van der Waals surface area contributed by atoms with Gasteiger partial charge in [-0.15, -0.1) is 24.0 Å². The van der Waals surface area contributed by atoms with Crippen molar-refractivity contribution in [3.8, 4) is 5.75 Å². The maximum absolute atomic E-state index is 5.99. The minimum atomic E-state index is 0. The van der Waals surface area contributed by atoms with Crippen molar-refractivity contribution in [2.75, 3.05) is 46.5 Å². The second-order valence-corrected chi connectivity index (χ2v) is 7.49. The molecule has 5 nitrogen and oxygen atoms in total. The van der Waals surface area contributed by atoms with Gasteiger partial charge in [0.1, 0.15) is 12.4 Å². The lowest BCUT2D eigenvalue weighted by Gasteiger charge is -2.25. The Labute approximate surface area is 174 Å². The zero-order chi connectivity index (χ0) is 17.7. The van der Waals surface area contributed by atoms with Gasteiger partial charge >= 0.3 is 0 Å². The number of hydrogen-bond donors (Lipinski definition) is 1. The molecule has 0 bridgehead atoms. The zero-order valence-electron chi connectivity index (χ0n) is 16.2. The molecule has 0 radical (unpaired) electrons. The number of benzene rings is 1. The van der Waals surface area contributed by atoms with Crippen molar-refractivity contribution >= 4 is 29.9 Å². The lowest BCUT2D eigenvalue weighted by atomic mass is 9.87. The van der Waals surface area contributed by atoms with Crippen molar-refractivity contribution in [1.82, 2.24) is 10.2 Å². The van der Waals surface area contributed by atoms with Crippen LogP contribution in [0.15, 0.2) is 29.3 Å². The van der Waals surface area contributed by atoms with Crippen LogP contribution in [0.2, 0.25) is 0 Å². The van der Waals surface area contributed by atoms with E-state index in [1.165, 1.54) is 18.4 Å². The van der Waals surface area contributed by atoms with E-state index < -0.39 is 0 Å². The van der Waals surface area contributed by atoms with Gasteiger partial charge in [-0.3, -0.25) is 4.99 Å². The third-order valence-electron chi connectivity index (χ3n) is 5.32. The summed E-state index contributed by atoms with van der Waals surface area (Å²) in [5.41, 5.74) is 1.61. The van der Waals surface area contributed by atoms with Crippen LogP contribution in [0, 0.1) is 5.41 Å². The summed E-state index contributed by atoms with van der Waals surface area (Å²) < 4.78 is 11.6. The van der Waals surface area contributed by atoms with E-state index >= 15 is 0 Å². The quantitative estimate of drug-likeness (QED) is 0.308. The van der Waals surface area contributed by atoms with E-state index in [2.05, 4.69) is 47.3 Å². The van der Waals surface area contributed by atoms with Crippen LogP contribution in [0.1, 0.15) is 38.2 Å². The summed E-state index contributed by atoms with van der Waals surface area (Å²) in [6.45, 7) is 9.67. The molecule has 0 amide bonds. The minimum absolute atomic E-state index is 0. The molecule has 1 unspecified atom stereocenters. The summed E-state index contributed by atoms with van der Waals surface area (Å²) in [6, 6.07) is 8.29. The van der Waals surface area contributed by atoms with Crippen molar-refractivity contribution in [1.29, 1.82) is 0 Å². The molecule has 1 aromatic rings. The number of rotatable bonds is 5. The third-order valence-corrected chi connectivity index (χ3v) is 5.32. The van der Waals surface area contributed by atoms with Gasteiger partial charge in [-0.25, -0.2) is 0 Å². The number of para-hydroxylation sites is 1. The van der Waals surface area contributed by atoms with Crippen LogP contribution in [0.25, 0.3) is 0 Å². The van der Waals surface area contributed by atoms with E-state index in [0.29, 0.717) is 17.9 Å². The monoisotopic (exact) mass is 473 g/mol. The fourth-order valence-electron chi connectivity index (χ4n) is 3.83. The number of likely N-dealkylation sites (tertiary alicyclic amines) is 1. The zero-order valence-corrected chi connectivity index (χ0v) is 18.5. The number of halogens is 1. The molecular weight excluding hydrogens is 441 g/mol. The molecule has 0 aliphatic carbocycles. The molecule has 2 aliphatic heterocycles. The van der Waals surface area contributed by atoms with Gasteiger partial charge in [0.25, 0.3) is 0 Å². The predicted octanol–water partition coefficient (Wildman–Crippen LogP) is 3.49. The van der Waals surface area contributed by atoms with Gasteiger partial charge in [-0.05, 0) is 30.4 Å². The van der Waals surface area contributed by atoms with Crippen molar-refractivity contribution < 1.29 is 9.47 Å². The topological polar surface area (TPSA) is 46.1 Å². The lowest BCUT2D eigenvalue weighted by molar-refractivity contribution is 0.156. The molecule has 1 N–H and O–H groups in total. The average molecular weight is 473 g/mol. The molecular formula is C20H32IN3O2. The molecule has 1 atom stereocenters. The van der Waals surface area contributed by atoms with Gasteiger partial charge in [-0.1, -0.05) is 32.0 Å². The maximum atomic E-state index is 5.99. The summed E-state index contributed by atoms with van der Waals surface area (Å²) in [7, 11) is 1.85.